The van der Waals surface area contributed by atoms with Crippen LogP contribution < -0.4 is 4.74 Å². The lowest BCUT2D eigenvalue weighted by Gasteiger charge is -2.14. The summed E-state index contributed by atoms with van der Waals surface area (Å²) >= 11 is 0. The van der Waals surface area contributed by atoms with Gasteiger partial charge in [0.25, 0.3) is 10.1 Å². The maximum atomic E-state index is 11.6. The molecule has 0 radical (unpaired) electrons. The van der Waals surface area contributed by atoms with Gasteiger partial charge in [0, 0.05) is 0 Å². The van der Waals surface area contributed by atoms with E-state index in [1.165, 1.54) is 75.6 Å². The van der Waals surface area contributed by atoms with Gasteiger partial charge in [0.2, 0.25) is 0 Å². The molecule has 0 unspecified atom stereocenters. The third kappa shape index (κ3) is 8.00. The van der Waals surface area contributed by atoms with E-state index in [0.717, 1.165) is 24.8 Å². The fraction of sp³-hybridized carbons (Fsp3) is 0.500. The molecule has 0 saturated heterocycles. The molecule has 0 bridgehead atoms. The van der Waals surface area contributed by atoms with Crippen molar-refractivity contribution in [3.8, 4) is 17.2 Å². The van der Waals surface area contributed by atoms with E-state index in [1.807, 2.05) is 6.07 Å². The highest BCUT2D eigenvalue weighted by atomic mass is 32.2. The molecule has 5 nitrogen and oxygen atoms in total. The molecule has 0 heterocycles. The first-order chi connectivity index (χ1) is 14.4. The van der Waals surface area contributed by atoms with E-state index in [9.17, 15) is 18.1 Å². The van der Waals surface area contributed by atoms with Crippen LogP contribution in [0.5, 0.6) is 17.2 Å². The molecule has 0 aliphatic carbocycles. The lowest BCUT2D eigenvalue weighted by atomic mass is 10.0. The molecular formula is C24H34O5S. The molecule has 0 aliphatic heterocycles. The second-order valence-corrected chi connectivity index (χ2v) is 9.11. The van der Waals surface area contributed by atoms with E-state index in [0.29, 0.717) is 0 Å². The van der Waals surface area contributed by atoms with Crippen molar-refractivity contribution in [2.24, 2.45) is 0 Å². The minimum atomic E-state index is -4.42. The maximum absolute atomic E-state index is 11.6. The number of phenols is 1. The molecule has 0 atom stereocenters. The zero-order valence-electron chi connectivity index (χ0n) is 17.8. The molecule has 2 N–H and O–H groups in total. The minimum Gasteiger partial charge on any atom is -0.504 e. The Labute approximate surface area is 180 Å². The summed E-state index contributed by atoms with van der Waals surface area (Å²) in [5.74, 6) is 0.181. The molecule has 30 heavy (non-hydrogen) atoms. The highest BCUT2D eigenvalue weighted by molar-refractivity contribution is 7.86. The van der Waals surface area contributed by atoms with Gasteiger partial charge >= 0.3 is 0 Å². The Balaban J connectivity index is 1.89. The van der Waals surface area contributed by atoms with Crippen molar-refractivity contribution < 1.29 is 22.8 Å². The van der Waals surface area contributed by atoms with Gasteiger partial charge < -0.3 is 9.84 Å². The van der Waals surface area contributed by atoms with Crippen LogP contribution in [0.25, 0.3) is 0 Å². The van der Waals surface area contributed by atoms with Gasteiger partial charge in [-0.25, -0.2) is 0 Å². The molecule has 0 aromatic heterocycles. The average Bonchev–Trinajstić information content (AvgIpc) is 2.71. The third-order valence-corrected chi connectivity index (χ3v) is 6.11. The van der Waals surface area contributed by atoms with Crippen LogP contribution in [0.2, 0.25) is 0 Å². The Kier molecular flexibility index (Phi) is 10.2. The second kappa shape index (κ2) is 12.6. The van der Waals surface area contributed by atoms with Crippen LogP contribution in [0.3, 0.4) is 0 Å². The van der Waals surface area contributed by atoms with Crippen molar-refractivity contribution in [3.05, 3.63) is 48.0 Å². The number of benzene rings is 2. The van der Waals surface area contributed by atoms with E-state index in [-0.39, 0.29) is 22.1 Å². The smallest absolute Gasteiger partial charge is 0.298 e. The lowest BCUT2D eigenvalue weighted by Crippen LogP contribution is -2.02. The lowest BCUT2D eigenvalue weighted by molar-refractivity contribution is 0.397. The SMILES string of the molecule is CCCCCCCCCCCCc1cccc(O)c1Oc1ccccc1S(=O)(=O)O. The standard InChI is InChI=1S/C24H34O5S/c1-2-3-4-5-6-7-8-9-10-11-15-20-16-14-17-21(25)24(20)29-22-18-12-13-19-23(22)30(26,27)28/h12-14,16-19,25H,2-11,15H2,1H3,(H,26,27,28). The Hall–Kier alpha value is -2.05. The van der Waals surface area contributed by atoms with Gasteiger partial charge in [0.15, 0.2) is 11.5 Å². The van der Waals surface area contributed by atoms with E-state index in [1.54, 1.807) is 12.1 Å². The number of para-hydroxylation sites is 2. The van der Waals surface area contributed by atoms with Crippen molar-refractivity contribution in [2.75, 3.05) is 0 Å². The molecule has 0 aliphatic rings. The number of phenolic OH excluding ortho intramolecular Hbond substituents is 1. The van der Waals surface area contributed by atoms with Gasteiger partial charge in [0.05, 0.1) is 0 Å². The van der Waals surface area contributed by atoms with E-state index < -0.39 is 10.1 Å². The molecular weight excluding hydrogens is 400 g/mol. The van der Waals surface area contributed by atoms with Gasteiger partial charge in [-0.2, -0.15) is 8.42 Å². The Morgan fingerprint density at radius 3 is 2.03 bits per heavy atom. The van der Waals surface area contributed by atoms with E-state index in [4.69, 9.17) is 4.74 Å². The van der Waals surface area contributed by atoms with Crippen LogP contribution in [0.4, 0.5) is 0 Å². The Bertz CT molecular complexity index is 877. The van der Waals surface area contributed by atoms with Crippen LogP contribution in [0, 0.1) is 0 Å². The topological polar surface area (TPSA) is 83.8 Å². The third-order valence-electron chi connectivity index (χ3n) is 5.21. The first kappa shape index (κ1) is 24.2. The molecule has 2 aromatic carbocycles. The Morgan fingerprint density at radius 2 is 1.40 bits per heavy atom. The number of ether oxygens (including phenoxy) is 1. The molecule has 166 valence electrons. The highest BCUT2D eigenvalue weighted by Crippen LogP contribution is 2.37. The van der Waals surface area contributed by atoms with Crippen LogP contribution in [-0.4, -0.2) is 18.1 Å². The van der Waals surface area contributed by atoms with Crippen molar-refractivity contribution in [3.63, 3.8) is 0 Å². The zero-order chi connectivity index (χ0) is 21.8. The number of unbranched alkanes of at least 4 members (excludes halogenated alkanes) is 9. The fourth-order valence-corrected chi connectivity index (χ4v) is 4.16. The summed E-state index contributed by atoms with van der Waals surface area (Å²) in [6, 6.07) is 11.0. The van der Waals surface area contributed by atoms with Gasteiger partial charge in [-0.3, -0.25) is 4.55 Å². The summed E-state index contributed by atoms with van der Waals surface area (Å²) in [6.07, 6.45) is 13.1. The van der Waals surface area contributed by atoms with Gasteiger partial charge in [-0.1, -0.05) is 89.0 Å². The van der Waals surface area contributed by atoms with E-state index >= 15 is 0 Å². The van der Waals surface area contributed by atoms with Crippen LogP contribution in [0.15, 0.2) is 47.4 Å². The van der Waals surface area contributed by atoms with Crippen LogP contribution >= 0.6 is 0 Å². The van der Waals surface area contributed by atoms with Crippen molar-refractivity contribution in [2.45, 2.75) is 82.4 Å². The first-order valence-electron chi connectivity index (χ1n) is 11.0. The normalized spacial score (nSPS) is 11.5. The molecule has 0 fully saturated rings. The fourth-order valence-electron chi connectivity index (χ4n) is 3.55. The monoisotopic (exact) mass is 434 g/mol. The van der Waals surface area contributed by atoms with Crippen molar-refractivity contribution in [1.29, 1.82) is 0 Å². The molecule has 0 spiro atoms. The molecule has 2 rings (SSSR count). The number of aromatic hydroxyl groups is 1. The van der Waals surface area contributed by atoms with E-state index in [2.05, 4.69) is 6.92 Å². The summed E-state index contributed by atoms with van der Waals surface area (Å²) < 4.78 is 38.4. The molecule has 2 aromatic rings. The van der Waals surface area contributed by atoms with Crippen molar-refractivity contribution >= 4 is 10.1 Å². The summed E-state index contributed by atoms with van der Waals surface area (Å²) in [7, 11) is -4.42. The number of aryl methyl sites for hydroxylation is 1. The van der Waals surface area contributed by atoms with Gasteiger partial charge in [-0.15, -0.1) is 0 Å². The molecule has 0 amide bonds. The first-order valence-corrected chi connectivity index (χ1v) is 12.4. The molecule has 0 saturated carbocycles. The van der Waals surface area contributed by atoms with Gasteiger partial charge in [0.1, 0.15) is 10.6 Å². The summed E-state index contributed by atoms with van der Waals surface area (Å²) in [5, 5.41) is 10.3. The van der Waals surface area contributed by atoms with Crippen LogP contribution in [-0.2, 0) is 16.5 Å². The number of rotatable bonds is 14. The van der Waals surface area contributed by atoms with Crippen molar-refractivity contribution in [1.82, 2.24) is 0 Å². The largest absolute Gasteiger partial charge is 0.504 e. The van der Waals surface area contributed by atoms with Crippen LogP contribution in [0.1, 0.15) is 76.7 Å². The predicted molar refractivity (Wildman–Crippen MR) is 120 cm³/mol. The minimum absolute atomic E-state index is 0.00850. The highest BCUT2D eigenvalue weighted by Gasteiger charge is 2.19. The molecule has 6 heteroatoms. The quantitative estimate of drug-likeness (QED) is 0.250. The summed E-state index contributed by atoms with van der Waals surface area (Å²) in [6.45, 7) is 2.23. The zero-order valence-corrected chi connectivity index (χ0v) is 18.7. The summed E-state index contributed by atoms with van der Waals surface area (Å²) in [4.78, 5) is -0.321. The number of hydrogen-bond acceptors (Lipinski definition) is 4. The Morgan fingerprint density at radius 1 is 0.800 bits per heavy atom. The number of hydrogen-bond donors (Lipinski definition) is 2. The predicted octanol–water partition coefficient (Wildman–Crippen LogP) is 6.89. The average molecular weight is 435 g/mol. The van der Waals surface area contributed by atoms with Gasteiger partial charge in [-0.05, 0) is 36.6 Å². The summed E-state index contributed by atoms with van der Waals surface area (Å²) in [5.41, 5.74) is 0.819. The second-order valence-electron chi connectivity index (χ2n) is 7.72. The maximum Gasteiger partial charge on any atom is 0.298 e.